The fourth-order valence-electron chi connectivity index (χ4n) is 6.94. The molecule has 156 valence electrons. The van der Waals surface area contributed by atoms with Crippen LogP contribution < -0.4 is 5.32 Å². The van der Waals surface area contributed by atoms with Gasteiger partial charge in [-0.1, -0.05) is 43.2 Å². The second kappa shape index (κ2) is 6.83. The average Bonchev–Trinajstić information content (AvgIpc) is 3.48. The number of carbonyl (C=O) groups is 2. The van der Waals surface area contributed by atoms with Gasteiger partial charge in [0.1, 0.15) is 0 Å². The third-order valence-electron chi connectivity index (χ3n) is 8.60. The minimum Gasteiger partial charge on any atom is -0.481 e. The molecule has 1 saturated heterocycles. The normalized spacial score (nSPS) is 35.4. The number of fused-ring (bicyclic) bond motifs is 2. The Morgan fingerprint density at radius 2 is 1.66 bits per heavy atom. The Balaban J connectivity index is 1.29. The molecule has 5 heteroatoms. The van der Waals surface area contributed by atoms with Crippen LogP contribution in [0.1, 0.15) is 69.8 Å². The SMILES string of the molecule is O=C(O)C12CCC(C(=O)NC3CN(Cc4ccccc4)C4(CCCC4)C3)(CC1)C2. The molecule has 1 heterocycles. The average molecular weight is 397 g/mol. The molecule has 1 aliphatic heterocycles. The first-order chi connectivity index (χ1) is 14.0. The molecule has 4 aliphatic rings. The van der Waals surface area contributed by atoms with Gasteiger partial charge in [0, 0.05) is 24.7 Å². The van der Waals surface area contributed by atoms with E-state index in [1.165, 1.54) is 31.2 Å². The lowest BCUT2D eigenvalue weighted by molar-refractivity contribution is -0.148. The second-order valence-corrected chi connectivity index (χ2v) is 10.2. The summed E-state index contributed by atoms with van der Waals surface area (Å²) in [5, 5.41) is 13.0. The van der Waals surface area contributed by atoms with Crippen LogP contribution in [-0.4, -0.2) is 40.0 Å². The highest BCUT2D eigenvalue weighted by molar-refractivity contribution is 5.87. The van der Waals surface area contributed by atoms with Gasteiger partial charge in [-0.3, -0.25) is 14.5 Å². The molecule has 29 heavy (non-hydrogen) atoms. The van der Waals surface area contributed by atoms with Crippen molar-refractivity contribution in [1.29, 1.82) is 0 Å². The largest absolute Gasteiger partial charge is 0.481 e. The van der Waals surface area contributed by atoms with Crippen LogP contribution in [0.4, 0.5) is 0 Å². The first-order valence-corrected chi connectivity index (χ1v) is 11.3. The lowest BCUT2D eigenvalue weighted by atomic mass is 9.81. The molecule has 2 bridgehead atoms. The van der Waals surface area contributed by atoms with Gasteiger partial charge in [0.15, 0.2) is 0 Å². The van der Waals surface area contributed by atoms with Crippen LogP contribution in [0.2, 0.25) is 0 Å². The number of benzene rings is 1. The molecule has 1 amide bonds. The third kappa shape index (κ3) is 3.09. The lowest BCUT2D eigenvalue weighted by Gasteiger charge is -2.34. The summed E-state index contributed by atoms with van der Waals surface area (Å²) in [5.74, 6) is -0.581. The number of rotatable bonds is 5. The Morgan fingerprint density at radius 3 is 2.28 bits per heavy atom. The summed E-state index contributed by atoms with van der Waals surface area (Å²) >= 11 is 0. The van der Waals surface area contributed by atoms with E-state index in [1.807, 2.05) is 0 Å². The quantitative estimate of drug-likeness (QED) is 0.796. The topological polar surface area (TPSA) is 69.6 Å². The van der Waals surface area contributed by atoms with Crippen molar-refractivity contribution >= 4 is 11.9 Å². The minimum absolute atomic E-state index is 0.123. The highest BCUT2D eigenvalue weighted by Crippen LogP contribution is 2.61. The predicted octanol–water partition coefficient (Wildman–Crippen LogP) is 3.73. The van der Waals surface area contributed by atoms with E-state index in [4.69, 9.17) is 0 Å². The molecule has 5 nitrogen and oxygen atoms in total. The molecule has 4 fully saturated rings. The number of carboxylic acids is 1. The van der Waals surface area contributed by atoms with Gasteiger partial charge >= 0.3 is 5.97 Å². The zero-order valence-electron chi connectivity index (χ0n) is 17.2. The Bertz CT molecular complexity index is 792. The van der Waals surface area contributed by atoms with Crippen LogP contribution in [0.3, 0.4) is 0 Å². The molecule has 1 atom stereocenters. The van der Waals surface area contributed by atoms with E-state index >= 15 is 0 Å². The number of nitrogens with one attached hydrogen (secondary N) is 1. The summed E-state index contributed by atoms with van der Waals surface area (Å²) in [4.78, 5) is 27.6. The highest BCUT2D eigenvalue weighted by atomic mass is 16.4. The second-order valence-electron chi connectivity index (χ2n) is 10.2. The molecule has 1 spiro atoms. The maximum atomic E-state index is 13.3. The van der Waals surface area contributed by atoms with Crippen molar-refractivity contribution < 1.29 is 14.7 Å². The maximum Gasteiger partial charge on any atom is 0.309 e. The zero-order chi connectivity index (χ0) is 20.1. The van der Waals surface area contributed by atoms with Crippen LogP contribution in [0.15, 0.2) is 30.3 Å². The maximum absolute atomic E-state index is 13.3. The molecular weight excluding hydrogens is 364 g/mol. The van der Waals surface area contributed by atoms with Gasteiger partial charge in [-0.25, -0.2) is 0 Å². The lowest BCUT2D eigenvalue weighted by Crippen LogP contribution is -2.44. The van der Waals surface area contributed by atoms with Gasteiger partial charge in [-0.2, -0.15) is 0 Å². The van der Waals surface area contributed by atoms with Crippen LogP contribution in [0.25, 0.3) is 0 Å². The van der Waals surface area contributed by atoms with Crippen LogP contribution in [-0.2, 0) is 16.1 Å². The van der Waals surface area contributed by atoms with Gasteiger partial charge in [0.2, 0.25) is 5.91 Å². The molecule has 5 rings (SSSR count). The Morgan fingerprint density at radius 1 is 1.00 bits per heavy atom. The van der Waals surface area contributed by atoms with Crippen LogP contribution in [0.5, 0.6) is 0 Å². The number of hydrogen-bond acceptors (Lipinski definition) is 3. The monoisotopic (exact) mass is 396 g/mol. The summed E-state index contributed by atoms with van der Waals surface area (Å²) < 4.78 is 0. The van der Waals surface area contributed by atoms with E-state index in [9.17, 15) is 14.7 Å². The Labute approximate surface area is 172 Å². The van der Waals surface area contributed by atoms with Gasteiger partial charge in [0.25, 0.3) is 0 Å². The predicted molar refractivity (Wildman–Crippen MR) is 110 cm³/mol. The summed E-state index contributed by atoms with van der Waals surface area (Å²) in [6.07, 6.45) is 9.34. The molecule has 1 aromatic rings. The first kappa shape index (κ1) is 19.1. The van der Waals surface area contributed by atoms with E-state index in [-0.39, 0.29) is 17.5 Å². The fourth-order valence-corrected chi connectivity index (χ4v) is 6.94. The number of carboxylic acid groups (broad SMARTS) is 1. The van der Waals surface area contributed by atoms with Crippen molar-refractivity contribution in [3.05, 3.63) is 35.9 Å². The van der Waals surface area contributed by atoms with Crippen molar-refractivity contribution in [3.63, 3.8) is 0 Å². The molecule has 0 radical (unpaired) electrons. The third-order valence-corrected chi connectivity index (χ3v) is 8.60. The number of nitrogens with zero attached hydrogens (tertiary/aromatic N) is 1. The van der Waals surface area contributed by atoms with Crippen molar-refractivity contribution in [2.75, 3.05) is 6.54 Å². The summed E-state index contributed by atoms with van der Waals surface area (Å²) in [6.45, 7) is 1.85. The number of amides is 1. The Hall–Kier alpha value is -1.88. The summed E-state index contributed by atoms with van der Waals surface area (Å²) in [7, 11) is 0. The molecule has 1 aromatic carbocycles. The molecule has 3 aliphatic carbocycles. The van der Waals surface area contributed by atoms with Crippen LogP contribution in [0, 0.1) is 10.8 Å². The summed E-state index contributed by atoms with van der Waals surface area (Å²) in [5.41, 5.74) is 0.483. The summed E-state index contributed by atoms with van der Waals surface area (Å²) in [6, 6.07) is 10.8. The fraction of sp³-hybridized carbons (Fsp3) is 0.667. The Kier molecular flexibility index (Phi) is 4.50. The number of carbonyl (C=O) groups excluding carboxylic acids is 1. The smallest absolute Gasteiger partial charge is 0.309 e. The zero-order valence-corrected chi connectivity index (χ0v) is 17.2. The molecule has 2 N–H and O–H groups in total. The van der Waals surface area contributed by atoms with E-state index in [0.717, 1.165) is 32.4 Å². The van der Waals surface area contributed by atoms with Crippen molar-refractivity contribution in [1.82, 2.24) is 10.2 Å². The van der Waals surface area contributed by atoms with E-state index in [1.54, 1.807) is 0 Å². The van der Waals surface area contributed by atoms with Gasteiger partial charge in [-0.05, 0) is 56.9 Å². The molecule has 3 saturated carbocycles. The van der Waals surface area contributed by atoms with E-state index < -0.39 is 16.8 Å². The van der Waals surface area contributed by atoms with E-state index in [0.29, 0.717) is 19.3 Å². The molecule has 1 unspecified atom stereocenters. The van der Waals surface area contributed by atoms with Crippen molar-refractivity contribution in [3.8, 4) is 0 Å². The highest BCUT2D eigenvalue weighted by Gasteiger charge is 2.62. The molecular formula is C24H32N2O3. The number of aliphatic carboxylic acids is 1. The molecule has 0 aromatic heterocycles. The minimum atomic E-state index is -0.704. The van der Waals surface area contributed by atoms with Gasteiger partial charge < -0.3 is 10.4 Å². The number of likely N-dealkylation sites (tertiary alicyclic amines) is 1. The van der Waals surface area contributed by atoms with Crippen molar-refractivity contribution in [2.45, 2.75) is 82.3 Å². The standard InChI is InChI=1S/C24H32N2O3/c27-20(22-10-12-23(17-22,13-11-22)21(28)29)25-19-14-24(8-4-5-9-24)26(16-19)15-18-6-2-1-3-7-18/h1-3,6-7,19H,4-5,8-17H2,(H,25,27)(H,28,29). The van der Waals surface area contributed by atoms with E-state index in [2.05, 4.69) is 40.5 Å². The van der Waals surface area contributed by atoms with Crippen LogP contribution >= 0.6 is 0 Å². The van der Waals surface area contributed by atoms with Gasteiger partial charge in [-0.15, -0.1) is 0 Å². The first-order valence-electron chi connectivity index (χ1n) is 11.3. The van der Waals surface area contributed by atoms with Crippen molar-refractivity contribution in [2.24, 2.45) is 10.8 Å². The number of hydrogen-bond donors (Lipinski definition) is 2. The van der Waals surface area contributed by atoms with Gasteiger partial charge in [0.05, 0.1) is 10.8 Å².